The number of anilines is 1. The SMILES string of the molecule is O=C(CCS(=O)(=O)N1CCc2ccccc2C1)Nc1ccc(Cl)cc1. The molecule has 1 aliphatic rings. The van der Waals surface area contributed by atoms with Gasteiger partial charge in [0.1, 0.15) is 0 Å². The van der Waals surface area contributed by atoms with Crippen LogP contribution >= 0.6 is 11.6 Å². The number of fused-ring (bicyclic) bond motifs is 1. The number of sulfonamides is 1. The number of carbonyl (C=O) groups excluding carboxylic acids is 1. The Morgan fingerprint density at radius 1 is 1.08 bits per heavy atom. The maximum atomic E-state index is 12.5. The van der Waals surface area contributed by atoms with Gasteiger partial charge in [0.05, 0.1) is 5.75 Å². The molecule has 3 rings (SSSR count). The molecule has 0 atom stereocenters. The van der Waals surface area contributed by atoms with E-state index in [-0.39, 0.29) is 18.1 Å². The molecule has 0 bridgehead atoms. The van der Waals surface area contributed by atoms with Gasteiger partial charge in [0.25, 0.3) is 0 Å². The second-order valence-corrected chi connectivity index (χ2v) is 8.50. The largest absolute Gasteiger partial charge is 0.326 e. The summed E-state index contributed by atoms with van der Waals surface area (Å²) in [5.41, 5.74) is 2.82. The van der Waals surface area contributed by atoms with Crippen molar-refractivity contribution in [3.8, 4) is 0 Å². The molecule has 1 aliphatic heterocycles. The van der Waals surface area contributed by atoms with Crippen molar-refractivity contribution in [1.82, 2.24) is 4.31 Å². The number of nitrogens with one attached hydrogen (secondary N) is 1. The molecule has 7 heteroatoms. The van der Waals surface area contributed by atoms with Crippen LogP contribution in [0.4, 0.5) is 5.69 Å². The van der Waals surface area contributed by atoms with Crippen molar-refractivity contribution in [3.63, 3.8) is 0 Å². The molecule has 25 heavy (non-hydrogen) atoms. The lowest BCUT2D eigenvalue weighted by molar-refractivity contribution is -0.115. The Labute approximate surface area is 152 Å². The fourth-order valence-corrected chi connectivity index (χ4v) is 4.35. The van der Waals surface area contributed by atoms with Gasteiger partial charge in [-0.15, -0.1) is 0 Å². The third-order valence-corrected chi connectivity index (χ3v) is 6.27. The zero-order chi connectivity index (χ0) is 17.9. The Bertz CT molecular complexity index is 866. The number of benzene rings is 2. The van der Waals surface area contributed by atoms with Crippen LogP contribution in [0.2, 0.25) is 5.02 Å². The molecule has 0 aromatic heterocycles. The minimum Gasteiger partial charge on any atom is -0.326 e. The van der Waals surface area contributed by atoms with Crippen LogP contribution in [0, 0.1) is 0 Å². The van der Waals surface area contributed by atoms with Gasteiger partial charge in [-0.1, -0.05) is 35.9 Å². The predicted octanol–water partition coefficient (Wildman–Crippen LogP) is 3.06. The van der Waals surface area contributed by atoms with E-state index in [1.54, 1.807) is 24.3 Å². The first-order valence-corrected chi connectivity index (χ1v) is 10.0. The standard InChI is InChI=1S/C18H19ClN2O3S/c19-16-5-7-17(8-6-16)20-18(22)10-12-25(23,24)21-11-9-14-3-1-2-4-15(14)13-21/h1-8H,9-13H2,(H,20,22). The van der Waals surface area contributed by atoms with Crippen molar-refractivity contribution < 1.29 is 13.2 Å². The van der Waals surface area contributed by atoms with Gasteiger partial charge in [-0.05, 0) is 41.8 Å². The number of hydrogen-bond donors (Lipinski definition) is 1. The second kappa shape index (κ2) is 7.56. The van der Waals surface area contributed by atoms with E-state index in [2.05, 4.69) is 5.32 Å². The number of halogens is 1. The second-order valence-electron chi connectivity index (χ2n) is 5.97. The number of carbonyl (C=O) groups is 1. The van der Waals surface area contributed by atoms with Gasteiger partial charge < -0.3 is 5.32 Å². The van der Waals surface area contributed by atoms with E-state index in [1.807, 2.05) is 24.3 Å². The van der Waals surface area contributed by atoms with Crippen LogP contribution in [0.3, 0.4) is 0 Å². The van der Waals surface area contributed by atoms with E-state index in [4.69, 9.17) is 11.6 Å². The molecule has 5 nitrogen and oxygen atoms in total. The smallest absolute Gasteiger partial charge is 0.225 e. The highest BCUT2D eigenvalue weighted by atomic mass is 35.5. The van der Waals surface area contributed by atoms with Gasteiger partial charge >= 0.3 is 0 Å². The summed E-state index contributed by atoms with van der Waals surface area (Å²) in [5, 5.41) is 3.25. The Balaban J connectivity index is 1.57. The monoisotopic (exact) mass is 378 g/mol. The molecular formula is C18H19ClN2O3S. The highest BCUT2D eigenvalue weighted by molar-refractivity contribution is 7.89. The number of nitrogens with zero attached hydrogens (tertiary/aromatic N) is 1. The van der Waals surface area contributed by atoms with Crippen molar-refractivity contribution in [2.75, 3.05) is 17.6 Å². The van der Waals surface area contributed by atoms with Crippen LogP contribution in [0.5, 0.6) is 0 Å². The summed E-state index contributed by atoms with van der Waals surface area (Å²) in [7, 11) is -3.47. The molecule has 1 amide bonds. The molecular weight excluding hydrogens is 360 g/mol. The van der Waals surface area contributed by atoms with E-state index in [0.717, 1.165) is 5.56 Å². The zero-order valence-electron chi connectivity index (χ0n) is 13.6. The van der Waals surface area contributed by atoms with Crippen LogP contribution < -0.4 is 5.32 Å². The minimum absolute atomic E-state index is 0.0803. The number of amides is 1. The lowest BCUT2D eigenvalue weighted by atomic mass is 10.0. The summed E-state index contributed by atoms with van der Waals surface area (Å²) in [6.07, 6.45) is 0.621. The molecule has 1 heterocycles. The molecule has 0 unspecified atom stereocenters. The van der Waals surface area contributed by atoms with Gasteiger partial charge in [0, 0.05) is 30.2 Å². The average Bonchev–Trinajstić information content (AvgIpc) is 2.62. The first-order valence-electron chi connectivity index (χ1n) is 8.04. The Hall–Kier alpha value is -1.89. The maximum absolute atomic E-state index is 12.5. The molecule has 0 fully saturated rings. The van der Waals surface area contributed by atoms with Crippen molar-refractivity contribution in [2.24, 2.45) is 0 Å². The minimum atomic E-state index is -3.47. The Kier molecular flexibility index (Phi) is 5.42. The third kappa shape index (κ3) is 4.60. The van der Waals surface area contributed by atoms with Gasteiger partial charge in [0.15, 0.2) is 0 Å². The first kappa shape index (κ1) is 17.9. The van der Waals surface area contributed by atoms with Crippen LogP contribution in [0.1, 0.15) is 17.5 Å². The summed E-state index contributed by atoms with van der Waals surface area (Å²) in [5.74, 6) is -0.530. The summed E-state index contributed by atoms with van der Waals surface area (Å²) in [6.45, 7) is 0.829. The summed E-state index contributed by atoms with van der Waals surface area (Å²) in [4.78, 5) is 12.0. The van der Waals surface area contributed by atoms with Gasteiger partial charge in [-0.3, -0.25) is 4.79 Å². The summed E-state index contributed by atoms with van der Waals surface area (Å²) in [6, 6.07) is 14.5. The fourth-order valence-electron chi connectivity index (χ4n) is 2.81. The molecule has 0 saturated carbocycles. The highest BCUT2D eigenvalue weighted by Gasteiger charge is 2.26. The molecule has 0 radical (unpaired) electrons. The van der Waals surface area contributed by atoms with Crippen LogP contribution in [-0.2, 0) is 27.8 Å². The molecule has 2 aromatic carbocycles. The molecule has 0 aliphatic carbocycles. The van der Waals surface area contributed by atoms with Crippen molar-refractivity contribution in [1.29, 1.82) is 0 Å². The fraction of sp³-hybridized carbons (Fsp3) is 0.278. The van der Waals surface area contributed by atoms with Crippen LogP contribution in [0.15, 0.2) is 48.5 Å². The molecule has 132 valence electrons. The molecule has 0 spiro atoms. The summed E-state index contributed by atoms with van der Waals surface area (Å²) < 4.78 is 26.5. The Morgan fingerprint density at radius 3 is 2.48 bits per heavy atom. The first-order chi connectivity index (χ1) is 11.9. The van der Waals surface area contributed by atoms with Crippen LogP contribution in [-0.4, -0.2) is 30.9 Å². The van der Waals surface area contributed by atoms with Crippen LogP contribution in [0.25, 0.3) is 0 Å². The number of rotatable bonds is 5. The molecule has 0 saturated heterocycles. The van der Waals surface area contributed by atoms with Gasteiger partial charge in [-0.2, -0.15) is 4.31 Å². The molecule has 2 aromatic rings. The van der Waals surface area contributed by atoms with Crippen molar-refractivity contribution in [3.05, 3.63) is 64.7 Å². The van der Waals surface area contributed by atoms with E-state index < -0.39 is 10.0 Å². The lowest BCUT2D eigenvalue weighted by Crippen LogP contribution is -2.38. The normalized spacial score (nSPS) is 14.8. The topological polar surface area (TPSA) is 66.5 Å². The van der Waals surface area contributed by atoms with E-state index in [1.165, 1.54) is 9.87 Å². The van der Waals surface area contributed by atoms with Crippen molar-refractivity contribution in [2.45, 2.75) is 19.4 Å². The lowest BCUT2D eigenvalue weighted by Gasteiger charge is -2.28. The van der Waals surface area contributed by atoms with E-state index in [0.29, 0.717) is 30.2 Å². The van der Waals surface area contributed by atoms with E-state index in [9.17, 15) is 13.2 Å². The van der Waals surface area contributed by atoms with Gasteiger partial charge in [-0.25, -0.2) is 8.42 Å². The average molecular weight is 379 g/mol. The van der Waals surface area contributed by atoms with Gasteiger partial charge in [0.2, 0.25) is 15.9 Å². The number of hydrogen-bond acceptors (Lipinski definition) is 3. The van der Waals surface area contributed by atoms with Crippen molar-refractivity contribution >= 4 is 33.2 Å². The summed E-state index contributed by atoms with van der Waals surface area (Å²) >= 11 is 5.79. The van der Waals surface area contributed by atoms with E-state index >= 15 is 0 Å². The quantitative estimate of drug-likeness (QED) is 0.869. The maximum Gasteiger partial charge on any atom is 0.225 e. The predicted molar refractivity (Wildman–Crippen MR) is 99.0 cm³/mol. The molecule has 1 N–H and O–H groups in total. The third-order valence-electron chi connectivity index (χ3n) is 4.20. The Morgan fingerprint density at radius 2 is 1.76 bits per heavy atom. The zero-order valence-corrected chi connectivity index (χ0v) is 15.2. The highest BCUT2D eigenvalue weighted by Crippen LogP contribution is 2.21.